The molecule has 1 aliphatic heterocycles. The molecule has 1 aromatic rings. The highest BCUT2D eigenvalue weighted by molar-refractivity contribution is 5.90. The van der Waals surface area contributed by atoms with E-state index < -0.39 is 0 Å². The molecule has 0 saturated carbocycles. The zero-order chi connectivity index (χ0) is 10.7. The van der Waals surface area contributed by atoms with Crippen LogP contribution in [-0.4, -0.2) is 12.1 Å². The topological polar surface area (TPSA) is 67.5 Å². The summed E-state index contributed by atoms with van der Waals surface area (Å²) >= 11 is 0. The van der Waals surface area contributed by atoms with Gasteiger partial charge in [0.05, 0.1) is 12.1 Å². The molecule has 1 aliphatic rings. The summed E-state index contributed by atoms with van der Waals surface area (Å²) in [6.45, 7) is 0. The maximum Gasteiger partial charge on any atom is 0.223 e. The average molecular weight is 201 g/mol. The molecule has 0 spiro atoms. The van der Waals surface area contributed by atoms with Crippen molar-refractivity contribution in [2.24, 2.45) is 10.7 Å². The molecular formula is C11H11N3O. The molecule has 15 heavy (non-hydrogen) atoms. The van der Waals surface area contributed by atoms with E-state index in [-0.39, 0.29) is 12.3 Å². The number of rotatable bonds is 2. The van der Waals surface area contributed by atoms with Gasteiger partial charge in [-0.2, -0.15) is 0 Å². The van der Waals surface area contributed by atoms with Gasteiger partial charge in [-0.05, 0) is 6.07 Å². The molecule has 0 saturated heterocycles. The van der Waals surface area contributed by atoms with Crippen LogP contribution in [0.15, 0.2) is 41.2 Å². The van der Waals surface area contributed by atoms with Crippen molar-refractivity contribution in [1.82, 2.24) is 0 Å². The molecule has 0 aliphatic carbocycles. The highest BCUT2D eigenvalue weighted by atomic mass is 16.1. The number of nitrogens with two attached hydrogens (primary N) is 1. The highest BCUT2D eigenvalue weighted by Crippen LogP contribution is 2.17. The van der Waals surface area contributed by atoms with Crippen LogP contribution >= 0.6 is 0 Å². The van der Waals surface area contributed by atoms with E-state index in [1.807, 2.05) is 24.3 Å². The molecule has 1 aromatic carbocycles. The number of carbonyl (C=O) groups excluding carboxylic acids is 1. The van der Waals surface area contributed by atoms with Crippen molar-refractivity contribution in [3.05, 3.63) is 41.7 Å². The number of hydrogen-bond donors (Lipinski definition) is 2. The third-order valence-corrected chi connectivity index (χ3v) is 2.08. The van der Waals surface area contributed by atoms with Crippen molar-refractivity contribution in [3.8, 4) is 0 Å². The fourth-order valence-corrected chi connectivity index (χ4v) is 1.37. The van der Waals surface area contributed by atoms with E-state index in [0.29, 0.717) is 5.70 Å². The van der Waals surface area contributed by atoms with Gasteiger partial charge in [0.15, 0.2) is 0 Å². The predicted molar refractivity (Wildman–Crippen MR) is 59.6 cm³/mol. The number of benzene rings is 1. The normalized spacial score (nSPS) is 13.5. The second-order valence-corrected chi connectivity index (χ2v) is 3.27. The number of anilines is 1. The molecular weight excluding hydrogens is 190 g/mol. The van der Waals surface area contributed by atoms with E-state index in [4.69, 9.17) is 5.73 Å². The first-order valence-electron chi connectivity index (χ1n) is 4.63. The van der Waals surface area contributed by atoms with E-state index in [1.54, 1.807) is 12.4 Å². The van der Waals surface area contributed by atoms with Crippen molar-refractivity contribution in [3.63, 3.8) is 0 Å². The van der Waals surface area contributed by atoms with Gasteiger partial charge in [-0.3, -0.25) is 9.79 Å². The monoisotopic (exact) mass is 201 g/mol. The van der Waals surface area contributed by atoms with Crippen LogP contribution in [0.2, 0.25) is 0 Å². The summed E-state index contributed by atoms with van der Waals surface area (Å²) in [7, 11) is 0. The summed E-state index contributed by atoms with van der Waals surface area (Å²) in [4.78, 5) is 14.9. The maximum absolute atomic E-state index is 10.7. The number of hydrogen-bond acceptors (Lipinski definition) is 3. The lowest BCUT2D eigenvalue weighted by atomic mass is 10.2. The molecule has 3 N–H and O–H groups in total. The molecule has 0 unspecified atom stereocenters. The minimum absolute atomic E-state index is 0.150. The molecule has 0 atom stereocenters. The van der Waals surface area contributed by atoms with Crippen LogP contribution < -0.4 is 11.1 Å². The van der Waals surface area contributed by atoms with Gasteiger partial charge in [0, 0.05) is 23.7 Å². The van der Waals surface area contributed by atoms with Crippen LogP contribution in [0.4, 0.5) is 5.69 Å². The Morgan fingerprint density at radius 2 is 2.20 bits per heavy atom. The number of carbonyl (C=O) groups is 1. The standard InChI is InChI=1S/C11H11N3O/c12-11(15)5-9-7-14-10-4-2-1-3-8(10)6-13-9/h1-4,6-7,14H,5H2,(H2,12,15). The van der Waals surface area contributed by atoms with Crippen molar-refractivity contribution in [1.29, 1.82) is 0 Å². The molecule has 0 bridgehead atoms. The molecule has 0 radical (unpaired) electrons. The number of nitrogens with one attached hydrogen (secondary N) is 1. The van der Waals surface area contributed by atoms with Crippen LogP contribution in [0.3, 0.4) is 0 Å². The Bertz CT molecular complexity index is 449. The van der Waals surface area contributed by atoms with Crippen molar-refractivity contribution in [2.75, 3.05) is 5.32 Å². The van der Waals surface area contributed by atoms with Gasteiger partial charge in [0.25, 0.3) is 0 Å². The summed E-state index contributed by atoms with van der Waals surface area (Å²) in [6.07, 6.45) is 3.58. The van der Waals surface area contributed by atoms with Crippen LogP contribution in [-0.2, 0) is 4.79 Å². The van der Waals surface area contributed by atoms with Crippen LogP contribution in [0.1, 0.15) is 12.0 Å². The molecule has 76 valence electrons. The molecule has 0 aromatic heterocycles. The molecule has 1 heterocycles. The fourth-order valence-electron chi connectivity index (χ4n) is 1.37. The van der Waals surface area contributed by atoms with Gasteiger partial charge in [0.2, 0.25) is 5.91 Å². The number of primary amides is 1. The van der Waals surface area contributed by atoms with E-state index >= 15 is 0 Å². The number of nitrogens with zero attached hydrogens (tertiary/aromatic N) is 1. The van der Waals surface area contributed by atoms with Gasteiger partial charge in [-0.25, -0.2) is 0 Å². The van der Waals surface area contributed by atoms with Crippen molar-refractivity contribution in [2.45, 2.75) is 6.42 Å². The Labute approximate surface area is 87.5 Å². The van der Waals surface area contributed by atoms with Crippen LogP contribution in [0, 0.1) is 0 Å². The maximum atomic E-state index is 10.7. The van der Waals surface area contributed by atoms with Crippen LogP contribution in [0.5, 0.6) is 0 Å². The van der Waals surface area contributed by atoms with Gasteiger partial charge >= 0.3 is 0 Å². The minimum atomic E-state index is -0.383. The minimum Gasteiger partial charge on any atom is -0.369 e. The number of amides is 1. The lowest BCUT2D eigenvalue weighted by Crippen LogP contribution is -2.10. The van der Waals surface area contributed by atoms with E-state index in [1.165, 1.54) is 0 Å². The largest absolute Gasteiger partial charge is 0.369 e. The van der Waals surface area contributed by atoms with Gasteiger partial charge < -0.3 is 11.1 Å². The first kappa shape index (κ1) is 9.45. The molecule has 4 nitrogen and oxygen atoms in total. The Kier molecular flexibility index (Phi) is 2.49. The van der Waals surface area contributed by atoms with Gasteiger partial charge in [-0.15, -0.1) is 0 Å². The first-order chi connectivity index (χ1) is 7.25. The number of para-hydroxylation sites is 1. The van der Waals surface area contributed by atoms with Gasteiger partial charge in [-0.1, -0.05) is 18.2 Å². The zero-order valence-electron chi connectivity index (χ0n) is 8.10. The van der Waals surface area contributed by atoms with Crippen molar-refractivity contribution < 1.29 is 4.79 Å². The van der Waals surface area contributed by atoms with E-state index in [2.05, 4.69) is 10.3 Å². The Balaban J connectivity index is 2.25. The molecule has 0 fully saturated rings. The van der Waals surface area contributed by atoms with E-state index in [9.17, 15) is 4.79 Å². The summed E-state index contributed by atoms with van der Waals surface area (Å²) in [5.74, 6) is -0.383. The summed E-state index contributed by atoms with van der Waals surface area (Å²) in [5.41, 5.74) is 7.70. The SMILES string of the molecule is NC(=O)CC1=CNc2ccccc2C=N1. The number of fused-ring (bicyclic) bond motifs is 1. The molecule has 2 rings (SSSR count). The molecule has 4 heteroatoms. The lowest BCUT2D eigenvalue weighted by molar-refractivity contribution is -0.117. The fraction of sp³-hybridized carbons (Fsp3) is 0.0909. The Hall–Kier alpha value is -2.10. The van der Waals surface area contributed by atoms with Gasteiger partial charge in [0.1, 0.15) is 0 Å². The highest BCUT2D eigenvalue weighted by Gasteiger charge is 2.05. The summed E-state index contributed by atoms with van der Waals surface area (Å²) in [6, 6.07) is 7.77. The first-order valence-corrected chi connectivity index (χ1v) is 4.63. The second-order valence-electron chi connectivity index (χ2n) is 3.27. The lowest BCUT2D eigenvalue weighted by Gasteiger charge is -2.01. The molecule has 1 amide bonds. The summed E-state index contributed by atoms with van der Waals surface area (Å²) < 4.78 is 0. The predicted octanol–water partition coefficient (Wildman–Crippen LogP) is 1.25. The quantitative estimate of drug-likeness (QED) is 0.756. The average Bonchev–Trinajstić information content (AvgIpc) is 2.41. The third kappa shape index (κ3) is 2.22. The summed E-state index contributed by atoms with van der Waals surface area (Å²) in [5, 5.41) is 3.09. The zero-order valence-corrected chi connectivity index (χ0v) is 8.10. The van der Waals surface area contributed by atoms with Crippen molar-refractivity contribution >= 4 is 17.8 Å². The third-order valence-electron chi connectivity index (χ3n) is 2.08. The number of aliphatic imine (C=N–C) groups is 1. The second kappa shape index (κ2) is 3.96. The smallest absolute Gasteiger partial charge is 0.223 e. The van der Waals surface area contributed by atoms with E-state index in [0.717, 1.165) is 11.3 Å². The Morgan fingerprint density at radius 3 is 3.00 bits per heavy atom. The van der Waals surface area contributed by atoms with Crippen LogP contribution in [0.25, 0.3) is 0 Å². The Morgan fingerprint density at radius 1 is 1.40 bits per heavy atom.